The largest absolute Gasteiger partial charge is 0.341 e. The monoisotopic (exact) mass is 425 g/mol. The van der Waals surface area contributed by atoms with Gasteiger partial charge in [-0.05, 0) is 42.7 Å². The number of carbonyl (C=O) groups is 1. The Morgan fingerprint density at radius 2 is 1.73 bits per heavy atom. The number of benzene rings is 2. The van der Waals surface area contributed by atoms with Gasteiger partial charge in [0.05, 0.1) is 16.8 Å². The normalized spacial score (nSPS) is 15.4. The lowest BCUT2D eigenvalue weighted by atomic mass is 9.94. The van der Waals surface area contributed by atoms with Gasteiger partial charge < -0.3 is 9.88 Å². The van der Waals surface area contributed by atoms with Crippen LogP contribution in [0.5, 0.6) is 0 Å². The molecule has 0 spiro atoms. The number of fused-ring (bicyclic) bond motifs is 1. The molecule has 0 radical (unpaired) electrons. The molecule has 1 fully saturated rings. The first-order valence-electron chi connectivity index (χ1n) is 10.4. The lowest BCUT2D eigenvalue weighted by molar-refractivity contribution is 0.0696. The molecule has 1 heterocycles. The van der Waals surface area contributed by atoms with Crippen LogP contribution in [0, 0.1) is 0 Å². The minimum Gasteiger partial charge on any atom is -0.341 e. The molecule has 6 nitrogen and oxygen atoms in total. The zero-order valence-corrected chi connectivity index (χ0v) is 18.0. The molecule has 30 heavy (non-hydrogen) atoms. The van der Waals surface area contributed by atoms with Crippen molar-refractivity contribution < 1.29 is 13.2 Å². The first-order chi connectivity index (χ1) is 14.4. The van der Waals surface area contributed by atoms with Crippen LogP contribution in [0.15, 0.2) is 48.5 Å². The lowest BCUT2D eigenvalue weighted by Crippen LogP contribution is -2.38. The standard InChI is InChI=1S/C23H27N3O3S/c1-26(19-7-3-2-4-8-19)23(27)18-13-11-17(12-14-18)15-30(28,29)16-22-24-20-9-5-6-10-21(20)25-22/h5-6,9-14,19H,2-4,7-8,15-16H2,1H3,(H,24,25). The van der Waals surface area contributed by atoms with Crippen molar-refractivity contribution in [2.45, 2.75) is 49.7 Å². The zero-order chi connectivity index (χ0) is 21.1. The summed E-state index contributed by atoms with van der Waals surface area (Å²) in [6, 6.07) is 14.7. The van der Waals surface area contributed by atoms with E-state index in [0.717, 1.165) is 23.9 Å². The van der Waals surface area contributed by atoms with Crippen molar-refractivity contribution in [3.05, 3.63) is 65.5 Å². The van der Waals surface area contributed by atoms with Gasteiger partial charge in [0.2, 0.25) is 0 Å². The Bertz CT molecular complexity index is 1100. The highest BCUT2D eigenvalue weighted by molar-refractivity contribution is 7.89. The van der Waals surface area contributed by atoms with Crippen LogP contribution in [-0.2, 0) is 21.3 Å². The van der Waals surface area contributed by atoms with Gasteiger partial charge in [-0.3, -0.25) is 4.79 Å². The highest BCUT2D eigenvalue weighted by atomic mass is 32.2. The number of H-pyrrole nitrogens is 1. The van der Waals surface area contributed by atoms with Gasteiger partial charge in [0.15, 0.2) is 9.84 Å². The van der Waals surface area contributed by atoms with Crippen molar-refractivity contribution >= 4 is 26.8 Å². The number of hydrogen-bond donors (Lipinski definition) is 1. The summed E-state index contributed by atoms with van der Waals surface area (Å²) in [7, 11) is -1.53. The Kier molecular flexibility index (Phi) is 5.90. The van der Waals surface area contributed by atoms with Crippen LogP contribution in [0.2, 0.25) is 0 Å². The number of amides is 1. The molecule has 0 bridgehead atoms. The molecule has 7 heteroatoms. The van der Waals surface area contributed by atoms with Crippen LogP contribution in [0.25, 0.3) is 11.0 Å². The average molecular weight is 426 g/mol. The molecule has 1 N–H and O–H groups in total. The van der Waals surface area contributed by atoms with Gasteiger partial charge in [-0.25, -0.2) is 13.4 Å². The molecule has 4 rings (SSSR count). The van der Waals surface area contributed by atoms with Gasteiger partial charge in [-0.1, -0.05) is 43.5 Å². The maximum Gasteiger partial charge on any atom is 0.253 e. The molecule has 3 aromatic rings. The Morgan fingerprint density at radius 1 is 1.03 bits per heavy atom. The summed E-state index contributed by atoms with van der Waals surface area (Å²) in [4.78, 5) is 22.0. The van der Waals surface area contributed by atoms with Crippen molar-refractivity contribution in [3.8, 4) is 0 Å². The second-order valence-electron chi connectivity index (χ2n) is 8.14. The number of imidazole rings is 1. The van der Waals surface area contributed by atoms with Crippen molar-refractivity contribution in [1.82, 2.24) is 14.9 Å². The lowest BCUT2D eigenvalue weighted by Gasteiger charge is -2.31. The zero-order valence-electron chi connectivity index (χ0n) is 17.2. The van der Waals surface area contributed by atoms with Crippen LogP contribution < -0.4 is 0 Å². The predicted octanol–water partition coefficient (Wildman–Crippen LogP) is 4.08. The average Bonchev–Trinajstić information content (AvgIpc) is 3.15. The summed E-state index contributed by atoms with van der Waals surface area (Å²) in [5.74, 6) is 0.208. The molecule has 0 unspecified atom stereocenters. The Hall–Kier alpha value is -2.67. The molecular formula is C23H27N3O3S. The van der Waals surface area contributed by atoms with Crippen molar-refractivity contribution in [2.24, 2.45) is 0 Å². The number of nitrogens with one attached hydrogen (secondary N) is 1. The number of rotatable bonds is 6. The van der Waals surface area contributed by atoms with Gasteiger partial charge >= 0.3 is 0 Å². The van der Waals surface area contributed by atoms with E-state index in [1.807, 2.05) is 36.2 Å². The Labute approximate surface area is 177 Å². The smallest absolute Gasteiger partial charge is 0.253 e. The number of para-hydroxylation sites is 2. The molecule has 0 atom stereocenters. The maximum absolute atomic E-state index is 12.8. The van der Waals surface area contributed by atoms with Crippen LogP contribution in [-0.4, -0.2) is 42.3 Å². The maximum atomic E-state index is 12.8. The number of nitrogens with zero attached hydrogens (tertiary/aromatic N) is 2. The van der Waals surface area contributed by atoms with E-state index in [-0.39, 0.29) is 17.4 Å². The quantitative estimate of drug-likeness (QED) is 0.645. The summed E-state index contributed by atoms with van der Waals surface area (Å²) >= 11 is 0. The minimum absolute atomic E-state index is 0.00131. The summed E-state index contributed by atoms with van der Waals surface area (Å²) < 4.78 is 25.3. The van der Waals surface area contributed by atoms with E-state index in [4.69, 9.17) is 0 Å². The number of aromatic nitrogens is 2. The van der Waals surface area contributed by atoms with Gasteiger partial charge in [-0.15, -0.1) is 0 Å². The van der Waals surface area contributed by atoms with E-state index in [1.54, 1.807) is 24.3 Å². The summed E-state index contributed by atoms with van der Waals surface area (Å²) in [6.07, 6.45) is 5.70. The Morgan fingerprint density at radius 3 is 2.43 bits per heavy atom. The van der Waals surface area contributed by atoms with Gasteiger partial charge in [0, 0.05) is 18.7 Å². The first-order valence-corrected chi connectivity index (χ1v) is 12.2. The highest BCUT2D eigenvalue weighted by Crippen LogP contribution is 2.23. The third-order valence-electron chi connectivity index (χ3n) is 5.83. The fourth-order valence-corrected chi connectivity index (χ4v) is 5.52. The van der Waals surface area contributed by atoms with Crippen molar-refractivity contribution in [3.63, 3.8) is 0 Å². The molecule has 2 aromatic carbocycles. The van der Waals surface area contributed by atoms with Gasteiger partial charge in [0.25, 0.3) is 5.91 Å². The molecule has 1 aliphatic carbocycles. The second-order valence-corrected chi connectivity index (χ2v) is 10.2. The molecule has 0 aliphatic heterocycles. The third-order valence-corrected chi connectivity index (χ3v) is 7.31. The molecular weight excluding hydrogens is 398 g/mol. The fourth-order valence-electron chi connectivity index (χ4n) is 4.17. The number of hydrogen-bond acceptors (Lipinski definition) is 4. The molecule has 0 saturated heterocycles. The van der Waals surface area contributed by atoms with Crippen molar-refractivity contribution in [1.29, 1.82) is 0 Å². The van der Waals surface area contributed by atoms with E-state index in [1.165, 1.54) is 19.3 Å². The number of aromatic amines is 1. The van der Waals surface area contributed by atoms with Crippen molar-refractivity contribution in [2.75, 3.05) is 7.05 Å². The molecule has 1 aliphatic rings. The minimum atomic E-state index is -3.39. The van der Waals surface area contributed by atoms with Crippen LogP contribution in [0.3, 0.4) is 0 Å². The van der Waals surface area contributed by atoms with Gasteiger partial charge in [0.1, 0.15) is 11.6 Å². The number of sulfone groups is 1. The summed E-state index contributed by atoms with van der Waals surface area (Å²) in [6.45, 7) is 0. The highest BCUT2D eigenvalue weighted by Gasteiger charge is 2.23. The SMILES string of the molecule is CN(C(=O)c1ccc(CS(=O)(=O)Cc2nc3ccccc3[nH]2)cc1)C1CCCCC1. The molecule has 1 aromatic heterocycles. The summed E-state index contributed by atoms with van der Waals surface area (Å²) in [5, 5.41) is 0. The van der Waals surface area contributed by atoms with Gasteiger partial charge in [-0.2, -0.15) is 0 Å². The third kappa shape index (κ3) is 4.73. The van der Waals surface area contributed by atoms with E-state index in [2.05, 4.69) is 9.97 Å². The fraction of sp³-hybridized carbons (Fsp3) is 0.391. The predicted molar refractivity (Wildman–Crippen MR) is 118 cm³/mol. The van der Waals surface area contributed by atoms with E-state index < -0.39 is 9.84 Å². The molecule has 1 amide bonds. The van der Waals surface area contributed by atoms with E-state index in [0.29, 0.717) is 23.0 Å². The van der Waals surface area contributed by atoms with Crippen LogP contribution in [0.4, 0.5) is 0 Å². The number of carbonyl (C=O) groups excluding carboxylic acids is 1. The topological polar surface area (TPSA) is 83.1 Å². The molecule has 1 saturated carbocycles. The second kappa shape index (κ2) is 8.60. The Balaban J connectivity index is 1.41. The van der Waals surface area contributed by atoms with Crippen LogP contribution in [0.1, 0.15) is 53.8 Å². The summed E-state index contributed by atoms with van der Waals surface area (Å²) in [5.41, 5.74) is 2.85. The van der Waals surface area contributed by atoms with E-state index in [9.17, 15) is 13.2 Å². The van der Waals surface area contributed by atoms with Crippen LogP contribution >= 0.6 is 0 Å². The van der Waals surface area contributed by atoms with E-state index >= 15 is 0 Å². The first kappa shape index (κ1) is 20.6. The molecule has 158 valence electrons.